The second kappa shape index (κ2) is 15.7. The smallest absolute Gasteiger partial charge is 0.159 e. The molecule has 0 bridgehead atoms. The first-order valence-electron chi connectivity index (χ1n) is 23.3. The number of anilines is 6. The zero-order valence-electron chi connectivity index (χ0n) is 37.2. The topological polar surface area (TPSA) is 42.0 Å². The summed E-state index contributed by atoms with van der Waals surface area (Å²) in [6.45, 7) is 0. The van der Waals surface area contributed by atoms with E-state index in [1.165, 1.54) is 0 Å². The van der Waals surface area contributed by atoms with Crippen LogP contribution >= 0.6 is 0 Å². The minimum Gasteiger partial charge on any atom is -0.455 e. The summed E-state index contributed by atoms with van der Waals surface area (Å²) in [6.07, 6.45) is 0. The van der Waals surface area contributed by atoms with E-state index < -0.39 is 0 Å². The number of rotatable bonds is 8. The third-order valence-corrected chi connectivity index (χ3v) is 13.6. The maximum atomic E-state index is 7.29. The van der Waals surface area contributed by atoms with Gasteiger partial charge in [-0.3, -0.25) is 0 Å². The molecule has 14 rings (SSSR count). The van der Waals surface area contributed by atoms with Gasteiger partial charge in [-0.2, -0.15) is 0 Å². The number of furan rings is 2. The standard InChI is InChI=1S/C64H40N2O3/c1-3-16-44(17-4-1)65(46-35-31-41(32-36-46)49-22-12-25-54-51-20-7-9-29-58(51)67-62(49)54)48-39-43-15-11-24-53-56-27-14-28-57(64(56)69-60(40-48)61(43)53)66(45-18-5-2-6-19-45)47-37-33-42(34-38-47)50-23-13-26-55-52-21-8-10-30-59(52)68-63(50)55/h1-40H. The average Bonchev–Trinajstić information content (AvgIpc) is 3.99. The Hall–Kier alpha value is -9.32. The van der Waals surface area contributed by atoms with E-state index in [9.17, 15) is 0 Å². The van der Waals surface area contributed by atoms with Crippen LogP contribution in [0.3, 0.4) is 0 Å². The van der Waals surface area contributed by atoms with Gasteiger partial charge < -0.3 is 23.4 Å². The highest BCUT2D eigenvalue weighted by Crippen LogP contribution is 2.54. The maximum absolute atomic E-state index is 7.29. The van der Waals surface area contributed by atoms with Crippen LogP contribution in [0.4, 0.5) is 34.1 Å². The number of hydrogen-bond donors (Lipinski definition) is 0. The lowest BCUT2D eigenvalue weighted by Crippen LogP contribution is -2.13. The monoisotopic (exact) mass is 884 g/mol. The van der Waals surface area contributed by atoms with Crippen LogP contribution < -0.4 is 14.5 Å². The van der Waals surface area contributed by atoms with Gasteiger partial charge in [0.05, 0.1) is 11.4 Å². The quantitative estimate of drug-likeness (QED) is 0.152. The molecule has 0 saturated heterocycles. The molecule has 11 aromatic carbocycles. The maximum Gasteiger partial charge on any atom is 0.159 e. The summed E-state index contributed by atoms with van der Waals surface area (Å²) >= 11 is 0. The Morgan fingerprint density at radius 1 is 0.304 bits per heavy atom. The molecule has 1 aliphatic rings. The zero-order valence-corrected chi connectivity index (χ0v) is 37.2. The highest BCUT2D eigenvalue weighted by atomic mass is 16.5. The van der Waals surface area contributed by atoms with E-state index in [4.69, 9.17) is 13.6 Å². The largest absolute Gasteiger partial charge is 0.455 e. The van der Waals surface area contributed by atoms with E-state index in [2.05, 4.69) is 228 Å². The Labute approximate surface area is 397 Å². The van der Waals surface area contributed by atoms with E-state index in [1.807, 2.05) is 24.3 Å². The van der Waals surface area contributed by atoms with Crippen molar-refractivity contribution in [2.24, 2.45) is 0 Å². The predicted octanol–water partition coefficient (Wildman–Crippen LogP) is 18.7. The molecular formula is C64H40N2O3. The summed E-state index contributed by atoms with van der Waals surface area (Å²) in [4.78, 5) is 4.60. The van der Waals surface area contributed by atoms with Gasteiger partial charge in [-0.15, -0.1) is 0 Å². The number of fused-ring (bicyclic) bond motifs is 8. The second-order valence-corrected chi connectivity index (χ2v) is 17.6. The molecule has 1 aliphatic heterocycles. The second-order valence-electron chi connectivity index (χ2n) is 17.6. The van der Waals surface area contributed by atoms with Gasteiger partial charge in [0.25, 0.3) is 0 Å². The number of benzene rings is 11. The molecule has 2 aromatic heterocycles. The lowest BCUT2D eigenvalue weighted by atomic mass is 9.93. The highest BCUT2D eigenvalue weighted by molar-refractivity contribution is 6.11. The third-order valence-electron chi connectivity index (χ3n) is 13.6. The first-order chi connectivity index (χ1) is 34.2. The Morgan fingerprint density at radius 2 is 0.768 bits per heavy atom. The molecule has 5 heteroatoms. The molecule has 69 heavy (non-hydrogen) atoms. The Balaban J connectivity index is 0.870. The molecule has 0 fully saturated rings. The van der Waals surface area contributed by atoms with Crippen LogP contribution in [0.25, 0.3) is 88.0 Å². The highest BCUT2D eigenvalue weighted by Gasteiger charge is 2.28. The summed E-state index contributed by atoms with van der Waals surface area (Å²) in [6, 6.07) is 85.4. The summed E-state index contributed by atoms with van der Waals surface area (Å²) in [5.41, 5.74) is 16.1. The minimum absolute atomic E-state index is 0.796. The lowest BCUT2D eigenvalue weighted by Gasteiger charge is -2.32. The Kier molecular flexibility index (Phi) is 8.83. The van der Waals surface area contributed by atoms with E-state index in [0.717, 1.165) is 134 Å². The van der Waals surface area contributed by atoms with Gasteiger partial charge in [-0.25, -0.2) is 0 Å². The molecule has 0 N–H and O–H groups in total. The van der Waals surface area contributed by atoms with Crippen molar-refractivity contribution in [1.29, 1.82) is 0 Å². The van der Waals surface area contributed by atoms with Crippen LogP contribution in [-0.4, -0.2) is 0 Å². The van der Waals surface area contributed by atoms with Gasteiger partial charge in [0.15, 0.2) is 5.75 Å². The van der Waals surface area contributed by atoms with Crippen molar-refractivity contribution in [3.63, 3.8) is 0 Å². The van der Waals surface area contributed by atoms with E-state index in [-0.39, 0.29) is 0 Å². The van der Waals surface area contributed by atoms with Crippen LogP contribution in [0.5, 0.6) is 11.5 Å². The Morgan fingerprint density at radius 3 is 1.38 bits per heavy atom. The number of ether oxygens (including phenoxy) is 1. The molecule has 0 saturated carbocycles. The molecular weight excluding hydrogens is 845 g/mol. The predicted molar refractivity (Wildman–Crippen MR) is 284 cm³/mol. The molecule has 0 amide bonds. The molecule has 13 aromatic rings. The van der Waals surface area contributed by atoms with E-state index in [0.29, 0.717) is 0 Å². The lowest BCUT2D eigenvalue weighted by molar-refractivity contribution is 0.488. The molecule has 3 heterocycles. The van der Waals surface area contributed by atoms with E-state index in [1.54, 1.807) is 0 Å². The summed E-state index contributed by atoms with van der Waals surface area (Å²) < 4.78 is 20.2. The van der Waals surface area contributed by atoms with Crippen molar-refractivity contribution in [3.8, 4) is 44.9 Å². The minimum atomic E-state index is 0.796. The third kappa shape index (κ3) is 6.32. The first kappa shape index (κ1) is 38.9. The number of nitrogens with zero attached hydrogens (tertiary/aromatic N) is 2. The van der Waals surface area contributed by atoms with Crippen LogP contribution in [-0.2, 0) is 0 Å². The summed E-state index contributed by atoms with van der Waals surface area (Å²) in [7, 11) is 0. The van der Waals surface area contributed by atoms with Crippen LogP contribution in [0.2, 0.25) is 0 Å². The van der Waals surface area contributed by atoms with Crippen LogP contribution in [0.1, 0.15) is 0 Å². The van der Waals surface area contributed by atoms with Gasteiger partial charge in [0.1, 0.15) is 28.1 Å². The van der Waals surface area contributed by atoms with Crippen molar-refractivity contribution in [3.05, 3.63) is 243 Å². The Bertz CT molecular complexity index is 4100. The van der Waals surface area contributed by atoms with Crippen LogP contribution in [0.15, 0.2) is 251 Å². The molecule has 0 atom stereocenters. The molecule has 0 spiro atoms. The molecule has 5 nitrogen and oxygen atoms in total. The number of hydrogen-bond acceptors (Lipinski definition) is 5. The molecule has 0 unspecified atom stereocenters. The fourth-order valence-corrected chi connectivity index (χ4v) is 10.5. The fraction of sp³-hybridized carbons (Fsp3) is 0. The van der Waals surface area contributed by atoms with Gasteiger partial charge >= 0.3 is 0 Å². The van der Waals surface area contributed by atoms with Crippen molar-refractivity contribution in [1.82, 2.24) is 0 Å². The van der Waals surface area contributed by atoms with Gasteiger partial charge in [0.2, 0.25) is 0 Å². The van der Waals surface area contributed by atoms with Crippen LogP contribution in [0, 0.1) is 0 Å². The van der Waals surface area contributed by atoms with Crippen molar-refractivity contribution >= 4 is 88.8 Å². The fourth-order valence-electron chi connectivity index (χ4n) is 10.5. The molecule has 0 aliphatic carbocycles. The first-order valence-corrected chi connectivity index (χ1v) is 23.3. The zero-order chi connectivity index (χ0) is 45.4. The summed E-state index contributed by atoms with van der Waals surface area (Å²) in [5, 5.41) is 6.66. The SMILES string of the molecule is c1ccc(N(c2ccc(-c3cccc4c3oc3ccccc34)cc2)c2cc3c4c(cccc4c2)-c2cccc(N(c4ccccc4)c4ccc(-c5cccc6c5oc5ccccc56)cc4)c2O3)cc1. The normalized spacial score (nSPS) is 11.9. The average molecular weight is 885 g/mol. The van der Waals surface area contributed by atoms with Gasteiger partial charge in [-0.1, -0.05) is 164 Å². The van der Waals surface area contributed by atoms with Crippen molar-refractivity contribution in [2.45, 2.75) is 0 Å². The van der Waals surface area contributed by atoms with E-state index >= 15 is 0 Å². The number of para-hydroxylation sites is 7. The van der Waals surface area contributed by atoms with Crippen molar-refractivity contribution in [2.75, 3.05) is 9.80 Å². The summed E-state index contributed by atoms with van der Waals surface area (Å²) in [5.74, 6) is 1.60. The van der Waals surface area contributed by atoms with Crippen molar-refractivity contribution < 1.29 is 13.6 Å². The molecule has 324 valence electrons. The van der Waals surface area contributed by atoms with Gasteiger partial charge in [-0.05, 0) is 94.9 Å². The molecule has 0 radical (unpaired) electrons. The van der Waals surface area contributed by atoms with Gasteiger partial charge in [0, 0.05) is 72.4 Å².